The maximum atomic E-state index is 12.4. The minimum absolute atomic E-state index is 0.247. The molecule has 0 atom stereocenters. The van der Waals surface area contributed by atoms with E-state index in [1.54, 1.807) is 14.2 Å². The monoisotopic (exact) mass is 397 g/mol. The minimum atomic E-state index is -0.247. The number of benzene rings is 2. The molecule has 0 saturated carbocycles. The van der Waals surface area contributed by atoms with E-state index in [-0.39, 0.29) is 5.91 Å². The van der Waals surface area contributed by atoms with Gasteiger partial charge in [-0.1, -0.05) is 12.1 Å². The van der Waals surface area contributed by atoms with Gasteiger partial charge in [0, 0.05) is 30.8 Å². The Morgan fingerprint density at radius 2 is 1.69 bits per heavy atom. The molecule has 1 saturated heterocycles. The van der Waals surface area contributed by atoms with Gasteiger partial charge in [0.2, 0.25) is 0 Å². The molecule has 0 aliphatic carbocycles. The van der Waals surface area contributed by atoms with E-state index in [9.17, 15) is 4.79 Å². The van der Waals surface area contributed by atoms with E-state index in [0.717, 1.165) is 38.4 Å². The van der Waals surface area contributed by atoms with Gasteiger partial charge in [-0.05, 0) is 42.8 Å². The van der Waals surface area contributed by atoms with Crippen LogP contribution >= 0.6 is 0 Å². The normalized spacial score (nSPS) is 15.1. The van der Waals surface area contributed by atoms with Crippen molar-refractivity contribution < 1.29 is 19.0 Å². The van der Waals surface area contributed by atoms with Crippen molar-refractivity contribution in [2.45, 2.75) is 13.5 Å². The maximum absolute atomic E-state index is 12.4. The van der Waals surface area contributed by atoms with Crippen LogP contribution in [0.1, 0.15) is 28.4 Å². The minimum Gasteiger partial charge on any atom is -0.493 e. The molecule has 2 aromatic rings. The molecular weight excluding hydrogens is 370 g/mol. The van der Waals surface area contributed by atoms with Crippen molar-refractivity contribution in [3.63, 3.8) is 0 Å². The number of nitrogens with zero attached hydrogens (tertiary/aromatic N) is 2. The van der Waals surface area contributed by atoms with Crippen molar-refractivity contribution in [3.05, 3.63) is 59.2 Å². The predicted octanol–water partition coefficient (Wildman–Crippen LogP) is 2.69. The van der Waals surface area contributed by atoms with Crippen molar-refractivity contribution in [1.82, 2.24) is 10.3 Å². The summed E-state index contributed by atoms with van der Waals surface area (Å²) in [5, 5.41) is 4.22. The van der Waals surface area contributed by atoms with E-state index in [1.807, 2.05) is 49.4 Å². The first kappa shape index (κ1) is 20.8. The molecule has 3 rings (SSSR count). The van der Waals surface area contributed by atoms with Crippen LogP contribution in [0.2, 0.25) is 0 Å². The van der Waals surface area contributed by atoms with Crippen LogP contribution in [-0.4, -0.2) is 57.0 Å². The Kier molecular flexibility index (Phi) is 7.21. The van der Waals surface area contributed by atoms with Gasteiger partial charge in [0.1, 0.15) is 0 Å². The fourth-order valence-electron chi connectivity index (χ4n) is 3.10. The molecule has 1 heterocycles. The van der Waals surface area contributed by atoms with Gasteiger partial charge in [-0.25, -0.2) is 5.43 Å². The predicted molar refractivity (Wildman–Crippen MR) is 112 cm³/mol. The Balaban J connectivity index is 1.60. The molecule has 0 aromatic heterocycles. The number of hydrogen-bond acceptors (Lipinski definition) is 6. The lowest BCUT2D eigenvalue weighted by Crippen LogP contribution is -2.35. The van der Waals surface area contributed by atoms with Gasteiger partial charge < -0.3 is 14.2 Å². The number of carbonyl (C=O) groups is 1. The number of morpholine rings is 1. The molecule has 2 aromatic carbocycles. The highest BCUT2D eigenvalue weighted by atomic mass is 16.5. The number of ether oxygens (including phenoxy) is 3. The highest BCUT2D eigenvalue weighted by Gasteiger charge is 2.12. The van der Waals surface area contributed by atoms with Gasteiger partial charge >= 0.3 is 0 Å². The number of amides is 1. The highest BCUT2D eigenvalue weighted by molar-refractivity contribution is 6.01. The van der Waals surface area contributed by atoms with Gasteiger partial charge in [-0.2, -0.15) is 5.10 Å². The Morgan fingerprint density at radius 3 is 2.34 bits per heavy atom. The Hall–Kier alpha value is -2.90. The van der Waals surface area contributed by atoms with Crippen molar-refractivity contribution in [2.75, 3.05) is 40.5 Å². The van der Waals surface area contributed by atoms with Crippen molar-refractivity contribution >= 4 is 11.6 Å². The number of rotatable bonds is 7. The second kappa shape index (κ2) is 10.0. The summed E-state index contributed by atoms with van der Waals surface area (Å²) in [5.41, 5.74) is 5.86. The van der Waals surface area contributed by atoms with Crippen molar-refractivity contribution in [2.24, 2.45) is 5.10 Å². The van der Waals surface area contributed by atoms with Crippen LogP contribution in [-0.2, 0) is 11.3 Å². The molecule has 154 valence electrons. The second-order valence-electron chi connectivity index (χ2n) is 6.79. The van der Waals surface area contributed by atoms with Crippen LogP contribution in [0, 0.1) is 0 Å². The molecule has 1 aliphatic heterocycles. The molecule has 0 bridgehead atoms. The Bertz CT molecular complexity index is 859. The number of carbonyl (C=O) groups excluding carboxylic acids is 1. The van der Waals surface area contributed by atoms with E-state index in [1.165, 1.54) is 5.56 Å². The topological polar surface area (TPSA) is 72.4 Å². The quantitative estimate of drug-likeness (QED) is 0.575. The summed E-state index contributed by atoms with van der Waals surface area (Å²) >= 11 is 0. The molecule has 1 aliphatic rings. The molecule has 1 N–H and O–H groups in total. The lowest BCUT2D eigenvalue weighted by atomic mass is 10.1. The van der Waals surface area contributed by atoms with Crippen LogP contribution in [0.3, 0.4) is 0 Å². The number of methoxy groups -OCH3 is 2. The van der Waals surface area contributed by atoms with Crippen LogP contribution in [0.5, 0.6) is 11.5 Å². The fraction of sp³-hybridized carbons (Fsp3) is 0.364. The van der Waals surface area contributed by atoms with E-state index in [0.29, 0.717) is 22.8 Å². The summed E-state index contributed by atoms with van der Waals surface area (Å²) in [5.74, 6) is 1.01. The van der Waals surface area contributed by atoms with Crippen molar-refractivity contribution in [1.29, 1.82) is 0 Å². The van der Waals surface area contributed by atoms with Gasteiger partial charge in [0.05, 0.1) is 33.1 Å². The third-order valence-corrected chi connectivity index (χ3v) is 4.85. The first-order valence-electron chi connectivity index (χ1n) is 9.57. The zero-order valence-corrected chi connectivity index (χ0v) is 17.1. The molecule has 1 fully saturated rings. The first-order valence-corrected chi connectivity index (χ1v) is 9.57. The van der Waals surface area contributed by atoms with Crippen LogP contribution < -0.4 is 14.9 Å². The summed E-state index contributed by atoms with van der Waals surface area (Å²) in [6.45, 7) is 6.11. The summed E-state index contributed by atoms with van der Waals surface area (Å²) in [4.78, 5) is 14.8. The smallest absolute Gasteiger partial charge is 0.271 e. The highest BCUT2D eigenvalue weighted by Crippen LogP contribution is 2.27. The number of hydrogen-bond donors (Lipinski definition) is 1. The molecule has 29 heavy (non-hydrogen) atoms. The Morgan fingerprint density at radius 1 is 1.03 bits per heavy atom. The molecule has 0 radical (unpaired) electrons. The third kappa shape index (κ3) is 5.56. The third-order valence-electron chi connectivity index (χ3n) is 4.85. The molecular formula is C22H27N3O4. The van der Waals surface area contributed by atoms with Gasteiger partial charge in [0.25, 0.3) is 5.91 Å². The molecule has 0 spiro atoms. The average Bonchev–Trinajstić information content (AvgIpc) is 2.78. The lowest BCUT2D eigenvalue weighted by molar-refractivity contribution is 0.0342. The average molecular weight is 397 g/mol. The largest absolute Gasteiger partial charge is 0.493 e. The molecule has 7 nitrogen and oxygen atoms in total. The second-order valence-corrected chi connectivity index (χ2v) is 6.79. The van der Waals surface area contributed by atoms with E-state index in [2.05, 4.69) is 15.4 Å². The summed E-state index contributed by atoms with van der Waals surface area (Å²) in [6, 6.07) is 13.1. The summed E-state index contributed by atoms with van der Waals surface area (Å²) in [7, 11) is 3.17. The maximum Gasteiger partial charge on any atom is 0.271 e. The SMILES string of the molecule is COc1ccc(/C(C)=N\NC(=O)c2ccc(CN3CCOCC3)cc2)cc1OC. The van der Waals surface area contributed by atoms with Gasteiger partial charge in [-0.3, -0.25) is 9.69 Å². The zero-order chi connectivity index (χ0) is 20.6. The standard InChI is InChI=1S/C22H27N3O4/c1-16(19-8-9-20(27-2)21(14-19)28-3)23-24-22(26)18-6-4-17(5-7-18)15-25-10-12-29-13-11-25/h4-9,14H,10-13,15H2,1-3H3,(H,24,26)/b23-16-. The van der Waals surface area contributed by atoms with Crippen molar-refractivity contribution in [3.8, 4) is 11.5 Å². The summed E-state index contributed by atoms with van der Waals surface area (Å²) < 4.78 is 15.9. The van der Waals surface area contributed by atoms with E-state index < -0.39 is 0 Å². The lowest BCUT2D eigenvalue weighted by Gasteiger charge is -2.26. The molecule has 0 unspecified atom stereocenters. The van der Waals surface area contributed by atoms with Crippen LogP contribution in [0.25, 0.3) is 0 Å². The fourth-order valence-corrected chi connectivity index (χ4v) is 3.10. The van der Waals surface area contributed by atoms with Crippen LogP contribution in [0.15, 0.2) is 47.6 Å². The van der Waals surface area contributed by atoms with Gasteiger partial charge in [0.15, 0.2) is 11.5 Å². The van der Waals surface area contributed by atoms with E-state index in [4.69, 9.17) is 14.2 Å². The van der Waals surface area contributed by atoms with Crippen LogP contribution in [0.4, 0.5) is 0 Å². The molecule has 7 heteroatoms. The first-order chi connectivity index (χ1) is 14.1. The molecule has 1 amide bonds. The van der Waals surface area contributed by atoms with Gasteiger partial charge in [-0.15, -0.1) is 0 Å². The number of nitrogens with one attached hydrogen (secondary N) is 1. The summed E-state index contributed by atoms with van der Waals surface area (Å²) in [6.07, 6.45) is 0. The van der Waals surface area contributed by atoms with E-state index >= 15 is 0 Å². The number of hydrazone groups is 1. The zero-order valence-electron chi connectivity index (χ0n) is 17.1. The Labute approximate surface area is 171 Å².